The Morgan fingerprint density at radius 2 is 1.79 bits per heavy atom. The second-order valence-corrected chi connectivity index (χ2v) is 6.65. The molecule has 104 valence electrons. The minimum Gasteiger partial charge on any atom is -0.310 e. The molecule has 3 rings (SSSR count). The topological polar surface area (TPSA) is 15.3 Å². The van der Waals surface area contributed by atoms with E-state index < -0.39 is 0 Å². The van der Waals surface area contributed by atoms with Gasteiger partial charge in [-0.15, -0.1) is 11.8 Å². The number of thioether (sulfide) groups is 1. The Hall–Kier alpha value is -0.510. The van der Waals surface area contributed by atoms with Crippen LogP contribution in [0.1, 0.15) is 31.2 Å². The van der Waals surface area contributed by atoms with Gasteiger partial charge in [0.1, 0.15) is 0 Å². The molecule has 0 spiro atoms. The Kier molecular flexibility index (Phi) is 4.46. The molecular formula is C16H24N2S. The van der Waals surface area contributed by atoms with Gasteiger partial charge in [0.05, 0.1) is 0 Å². The van der Waals surface area contributed by atoms with Gasteiger partial charge >= 0.3 is 0 Å². The van der Waals surface area contributed by atoms with E-state index >= 15 is 0 Å². The van der Waals surface area contributed by atoms with Crippen LogP contribution < -0.4 is 5.32 Å². The second-order valence-electron chi connectivity index (χ2n) is 5.77. The van der Waals surface area contributed by atoms with Crippen molar-refractivity contribution in [2.45, 2.75) is 49.2 Å². The van der Waals surface area contributed by atoms with Gasteiger partial charge in [0.25, 0.3) is 0 Å². The molecule has 2 fully saturated rings. The first-order valence-electron chi connectivity index (χ1n) is 7.45. The quantitative estimate of drug-likeness (QED) is 0.832. The van der Waals surface area contributed by atoms with Crippen LogP contribution in [-0.4, -0.2) is 36.3 Å². The van der Waals surface area contributed by atoms with E-state index in [2.05, 4.69) is 40.7 Å². The van der Waals surface area contributed by atoms with Crippen molar-refractivity contribution < 1.29 is 0 Å². The third kappa shape index (κ3) is 3.74. The summed E-state index contributed by atoms with van der Waals surface area (Å²) in [4.78, 5) is 4.03. The molecule has 1 N–H and O–H groups in total. The number of nitrogens with zero attached hydrogens (tertiary/aromatic N) is 1. The highest BCUT2D eigenvalue weighted by Crippen LogP contribution is 2.29. The zero-order chi connectivity index (χ0) is 13.1. The van der Waals surface area contributed by atoms with Gasteiger partial charge in [-0.2, -0.15) is 0 Å². The molecule has 1 aromatic carbocycles. The van der Waals surface area contributed by atoms with Crippen LogP contribution in [0.15, 0.2) is 29.2 Å². The molecule has 1 heterocycles. The Labute approximate surface area is 121 Å². The molecule has 1 aliphatic heterocycles. The molecular weight excluding hydrogens is 252 g/mol. The van der Waals surface area contributed by atoms with Crippen molar-refractivity contribution in [2.75, 3.05) is 19.3 Å². The van der Waals surface area contributed by atoms with Gasteiger partial charge in [0.2, 0.25) is 0 Å². The molecule has 1 saturated carbocycles. The van der Waals surface area contributed by atoms with Crippen LogP contribution in [0.3, 0.4) is 0 Å². The Balaban J connectivity index is 1.41. The van der Waals surface area contributed by atoms with Crippen LogP contribution in [-0.2, 0) is 6.54 Å². The van der Waals surface area contributed by atoms with Gasteiger partial charge in [-0.25, -0.2) is 0 Å². The fourth-order valence-corrected chi connectivity index (χ4v) is 3.32. The molecule has 0 atom stereocenters. The maximum Gasteiger partial charge on any atom is 0.0208 e. The lowest BCUT2D eigenvalue weighted by Crippen LogP contribution is -2.43. The lowest BCUT2D eigenvalue weighted by molar-refractivity contribution is 0.189. The molecule has 2 aliphatic rings. The molecule has 0 unspecified atom stereocenters. The van der Waals surface area contributed by atoms with Crippen molar-refractivity contribution in [2.24, 2.45) is 0 Å². The molecule has 3 heteroatoms. The number of nitrogens with one attached hydrogen (secondary N) is 1. The summed E-state index contributed by atoms with van der Waals surface area (Å²) >= 11 is 1.81. The van der Waals surface area contributed by atoms with Gasteiger partial charge in [0, 0.05) is 23.5 Å². The minimum absolute atomic E-state index is 0.718. The smallest absolute Gasteiger partial charge is 0.0208 e. The summed E-state index contributed by atoms with van der Waals surface area (Å²) in [6.07, 6.45) is 7.65. The van der Waals surface area contributed by atoms with E-state index in [1.54, 1.807) is 11.8 Å². The average molecular weight is 276 g/mol. The molecule has 0 bridgehead atoms. The third-order valence-electron chi connectivity index (χ3n) is 4.35. The maximum absolute atomic E-state index is 3.72. The largest absolute Gasteiger partial charge is 0.310 e. The summed E-state index contributed by atoms with van der Waals surface area (Å²) in [5, 5.41) is 3.72. The summed E-state index contributed by atoms with van der Waals surface area (Å²) in [5.41, 5.74) is 1.41. The maximum atomic E-state index is 3.72. The Bertz CT molecular complexity index is 392. The lowest BCUT2D eigenvalue weighted by Gasteiger charge is -2.32. The number of rotatable bonds is 5. The normalized spacial score (nSPS) is 21.7. The van der Waals surface area contributed by atoms with Crippen LogP contribution in [0.5, 0.6) is 0 Å². The average Bonchev–Trinajstić information content (AvgIpc) is 3.31. The van der Waals surface area contributed by atoms with Crippen LogP contribution in [0.4, 0.5) is 0 Å². The zero-order valence-electron chi connectivity index (χ0n) is 11.8. The van der Waals surface area contributed by atoms with E-state index in [4.69, 9.17) is 0 Å². The predicted molar refractivity (Wildman–Crippen MR) is 82.7 cm³/mol. The number of hydrogen-bond donors (Lipinski definition) is 1. The van der Waals surface area contributed by atoms with Crippen molar-refractivity contribution in [3.63, 3.8) is 0 Å². The number of hydrogen-bond acceptors (Lipinski definition) is 3. The third-order valence-corrected chi connectivity index (χ3v) is 5.09. The van der Waals surface area contributed by atoms with Crippen molar-refractivity contribution in [1.82, 2.24) is 10.2 Å². The Morgan fingerprint density at radius 1 is 1.11 bits per heavy atom. The van der Waals surface area contributed by atoms with E-state index in [0.717, 1.165) is 18.6 Å². The SMILES string of the molecule is CSc1ccc(CNC2CCN(C3CC3)CC2)cc1. The van der Waals surface area contributed by atoms with Crippen LogP contribution in [0, 0.1) is 0 Å². The van der Waals surface area contributed by atoms with Gasteiger partial charge in [0.15, 0.2) is 0 Å². The summed E-state index contributed by atoms with van der Waals surface area (Å²) < 4.78 is 0. The summed E-state index contributed by atoms with van der Waals surface area (Å²) in [6, 6.07) is 10.6. The molecule has 0 radical (unpaired) electrons. The fraction of sp³-hybridized carbons (Fsp3) is 0.625. The van der Waals surface area contributed by atoms with E-state index in [1.165, 1.54) is 49.2 Å². The van der Waals surface area contributed by atoms with E-state index in [-0.39, 0.29) is 0 Å². The zero-order valence-corrected chi connectivity index (χ0v) is 12.6. The minimum atomic E-state index is 0.718. The molecule has 0 amide bonds. The van der Waals surface area contributed by atoms with Gasteiger partial charge in [-0.3, -0.25) is 0 Å². The van der Waals surface area contributed by atoms with E-state index in [9.17, 15) is 0 Å². The Morgan fingerprint density at radius 3 is 2.37 bits per heavy atom. The first-order chi connectivity index (χ1) is 9.35. The van der Waals surface area contributed by atoms with Crippen molar-refractivity contribution >= 4 is 11.8 Å². The van der Waals surface area contributed by atoms with Crippen molar-refractivity contribution in [3.8, 4) is 0 Å². The van der Waals surface area contributed by atoms with Gasteiger partial charge in [-0.05, 0) is 62.7 Å². The van der Waals surface area contributed by atoms with Crippen LogP contribution in [0.2, 0.25) is 0 Å². The monoisotopic (exact) mass is 276 g/mol. The first kappa shape index (κ1) is 13.5. The molecule has 19 heavy (non-hydrogen) atoms. The summed E-state index contributed by atoms with van der Waals surface area (Å²) in [6.45, 7) is 3.62. The molecule has 1 saturated heterocycles. The standard InChI is InChI=1S/C16H24N2S/c1-19-16-6-2-13(3-7-16)12-17-14-8-10-18(11-9-14)15-4-5-15/h2-3,6-7,14-15,17H,4-5,8-12H2,1H3. The van der Waals surface area contributed by atoms with Crippen molar-refractivity contribution in [1.29, 1.82) is 0 Å². The predicted octanol–water partition coefficient (Wildman–Crippen LogP) is 3.12. The summed E-state index contributed by atoms with van der Waals surface area (Å²) in [5.74, 6) is 0. The van der Waals surface area contributed by atoms with E-state index in [1.807, 2.05) is 0 Å². The van der Waals surface area contributed by atoms with Gasteiger partial charge < -0.3 is 10.2 Å². The highest BCUT2D eigenvalue weighted by atomic mass is 32.2. The van der Waals surface area contributed by atoms with E-state index in [0.29, 0.717) is 0 Å². The molecule has 0 aromatic heterocycles. The highest BCUT2D eigenvalue weighted by molar-refractivity contribution is 7.98. The number of piperidine rings is 1. The summed E-state index contributed by atoms with van der Waals surface area (Å²) in [7, 11) is 0. The van der Waals surface area contributed by atoms with Crippen LogP contribution >= 0.6 is 11.8 Å². The first-order valence-corrected chi connectivity index (χ1v) is 8.68. The molecule has 2 nitrogen and oxygen atoms in total. The highest BCUT2D eigenvalue weighted by Gasteiger charge is 2.31. The molecule has 1 aromatic rings. The second kappa shape index (κ2) is 6.29. The van der Waals surface area contributed by atoms with Crippen molar-refractivity contribution in [3.05, 3.63) is 29.8 Å². The molecule has 1 aliphatic carbocycles. The van der Waals surface area contributed by atoms with Crippen LogP contribution in [0.25, 0.3) is 0 Å². The number of likely N-dealkylation sites (tertiary alicyclic amines) is 1. The lowest BCUT2D eigenvalue weighted by atomic mass is 10.0. The number of benzene rings is 1. The fourth-order valence-electron chi connectivity index (χ4n) is 2.91. The van der Waals surface area contributed by atoms with Gasteiger partial charge in [-0.1, -0.05) is 12.1 Å².